The highest BCUT2D eigenvalue weighted by Crippen LogP contribution is 2.00. The van der Waals surface area contributed by atoms with E-state index in [2.05, 4.69) is 10.6 Å². The van der Waals surface area contributed by atoms with E-state index in [1.807, 2.05) is 27.7 Å². The Morgan fingerprint density at radius 1 is 1.18 bits per heavy atom. The molecule has 5 nitrogen and oxygen atoms in total. The van der Waals surface area contributed by atoms with E-state index in [4.69, 9.17) is 9.47 Å². The lowest BCUT2D eigenvalue weighted by molar-refractivity contribution is -0.139. The van der Waals surface area contributed by atoms with Crippen LogP contribution in [0.15, 0.2) is 0 Å². The first-order valence-electron chi connectivity index (χ1n) is 6.39. The predicted octanol–water partition coefficient (Wildman–Crippen LogP) is 0.890. The molecule has 0 saturated carbocycles. The highest BCUT2D eigenvalue weighted by Gasteiger charge is 2.12. The van der Waals surface area contributed by atoms with Crippen LogP contribution in [-0.2, 0) is 14.3 Å². The van der Waals surface area contributed by atoms with Gasteiger partial charge in [-0.1, -0.05) is 0 Å². The maximum absolute atomic E-state index is 11.4. The number of carbonyl (C=O) groups excluding carboxylic acids is 1. The van der Waals surface area contributed by atoms with Crippen LogP contribution < -0.4 is 10.6 Å². The molecule has 2 N–H and O–H groups in total. The van der Waals surface area contributed by atoms with Crippen molar-refractivity contribution < 1.29 is 14.3 Å². The molecule has 0 aromatic carbocycles. The van der Waals surface area contributed by atoms with Gasteiger partial charge in [0.05, 0.1) is 6.04 Å². The maximum Gasteiger partial charge on any atom is 0.236 e. The number of rotatable bonds is 10. The van der Waals surface area contributed by atoms with E-state index >= 15 is 0 Å². The second kappa shape index (κ2) is 10.5. The van der Waals surface area contributed by atoms with Gasteiger partial charge in [0.25, 0.3) is 0 Å². The van der Waals surface area contributed by atoms with Crippen LogP contribution >= 0.6 is 0 Å². The third kappa shape index (κ3) is 8.12. The molecule has 0 fully saturated rings. The summed E-state index contributed by atoms with van der Waals surface area (Å²) in [6.45, 7) is 10.3. The van der Waals surface area contributed by atoms with Crippen molar-refractivity contribution in [1.29, 1.82) is 0 Å². The molecule has 0 aliphatic heterocycles. The fourth-order valence-corrected chi connectivity index (χ4v) is 1.42. The molecule has 0 heterocycles. The summed E-state index contributed by atoms with van der Waals surface area (Å²) < 4.78 is 10.8. The lowest BCUT2D eigenvalue weighted by atomic mass is 10.3. The van der Waals surface area contributed by atoms with Crippen molar-refractivity contribution in [3.05, 3.63) is 0 Å². The van der Waals surface area contributed by atoms with Crippen molar-refractivity contribution in [3.8, 4) is 0 Å². The quantitative estimate of drug-likeness (QED) is 0.562. The van der Waals surface area contributed by atoms with E-state index in [1.165, 1.54) is 0 Å². The summed E-state index contributed by atoms with van der Waals surface area (Å²) in [5.74, 6) is 0.0249. The van der Waals surface area contributed by atoms with Gasteiger partial charge in [-0.25, -0.2) is 0 Å². The molecule has 1 unspecified atom stereocenters. The van der Waals surface area contributed by atoms with Gasteiger partial charge in [-0.3, -0.25) is 4.79 Å². The third-order valence-electron chi connectivity index (χ3n) is 2.28. The number of hydrogen-bond donors (Lipinski definition) is 2. The molecule has 0 aromatic rings. The molecule has 0 rings (SSSR count). The minimum Gasteiger partial charge on any atom is -0.355 e. The maximum atomic E-state index is 11.4. The first-order valence-corrected chi connectivity index (χ1v) is 6.39. The summed E-state index contributed by atoms with van der Waals surface area (Å²) >= 11 is 0. The van der Waals surface area contributed by atoms with Crippen LogP contribution in [-0.4, -0.2) is 44.5 Å². The monoisotopic (exact) mass is 246 g/mol. The topological polar surface area (TPSA) is 59.6 Å². The number of hydrogen-bond acceptors (Lipinski definition) is 4. The van der Waals surface area contributed by atoms with Gasteiger partial charge in [0.2, 0.25) is 5.91 Å². The zero-order valence-electron chi connectivity index (χ0n) is 11.4. The van der Waals surface area contributed by atoms with E-state index in [9.17, 15) is 4.79 Å². The van der Waals surface area contributed by atoms with Gasteiger partial charge >= 0.3 is 0 Å². The summed E-state index contributed by atoms with van der Waals surface area (Å²) in [4.78, 5) is 11.4. The molecule has 0 bridgehead atoms. The van der Waals surface area contributed by atoms with Gasteiger partial charge in [-0.05, 0) is 27.7 Å². The Balaban J connectivity index is 3.74. The second-order valence-electron chi connectivity index (χ2n) is 3.70. The standard InChI is InChI=1S/C12H26N2O3/c1-5-13-12(15)10(4)14-9-8-11(16-6-2)17-7-3/h10-11,14H,5-9H2,1-4H3,(H,13,15). The molecule has 0 aliphatic carbocycles. The van der Waals surface area contributed by atoms with Crippen LogP contribution in [0, 0.1) is 0 Å². The van der Waals surface area contributed by atoms with Crippen molar-refractivity contribution in [2.24, 2.45) is 0 Å². The Hall–Kier alpha value is -0.650. The van der Waals surface area contributed by atoms with Crippen molar-refractivity contribution in [3.63, 3.8) is 0 Å². The number of amides is 1. The fraction of sp³-hybridized carbons (Fsp3) is 0.917. The van der Waals surface area contributed by atoms with Crippen LogP contribution in [0.1, 0.15) is 34.1 Å². The Bertz CT molecular complexity index is 194. The summed E-state index contributed by atoms with van der Waals surface area (Å²) in [5, 5.41) is 5.91. The van der Waals surface area contributed by atoms with Crippen molar-refractivity contribution in [2.75, 3.05) is 26.3 Å². The molecule has 1 amide bonds. The first kappa shape index (κ1) is 16.4. The van der Waals surface area contributed by atoms with Crippen LogP contribution in [0.5, 0.6) is 0 Å². The average Bonchev–Trinajstić information content (AvgIpc) is 2.29. The van der Waals surface area contributed by atoms with Gasteiger partial charge in [0.1, 0.15) is 0 Å². The Morgan fingerprint density at radius 3 is 2.24 bits per heavy atom. The molecule has 1 atom stereocenters. The summed E-state index contributed by atoms with van der Waals surface area (Å²) in [6, 6.07) is -0.182. The molecule has 0 radical (unpaired) electrons. The second-order valence-corrected chi connectivity index (χ2v) is 3.70. The molecule has 5 heteroatoms. The molecule has 0 spiro atoms. The SMILES string of the molecule is CCNC(=O)C(C)NCCC(OCC)OCC. The van der Waals surface area contributed by atoms with Crippen molar-refractivity contribution in [1.82, 2.24) is 10.6 Å². The molecular weight excluding hydrogens is 220 g/mol. The van der Waals surface area contributed by atoms with Crippen LogP contribution in [0.4, 0.5) is 0 Å². The van der Waals surface area contributed by atoms with Gasteiger partial charge in [0.15, 0.2) is 6.29 Å². The largest absolute Gasteiger partial charge is 0.355 e. The van der Waals surface area contributed by atoms with Gasteiger partial charge in [-0.2, -0.15) is 0 Å². The number of ether oxygens (including phenoxy) is 2. The highest BCUT2D eigenvalue weighted by atomic mass is 16.7. The summed E-state index contributed by atoms with van der Waals surface area (Å²) in [6.07, 6.45) is 0.560. The number of nitrogens with one attached hydrogen (secondary N) is 2. The van der Waals surface area contributed by atoms with Crippen LogP contribution in [0.25, 0.3) is 0 Å². The van der Waals surface area contributed by atoms with Gasteiger partial charge in [0, 0.05) is 32.7 Å². The normalized spacial score (nSPS) is 12.8. The van der Waals surface area contributed by atoms with Crippen molar-refractivity contribution >= 4 is 5.91 Å². The predicted molar refractivity (Wildman–Crippen MR) is 67.8 cm³/mol. The van der Waals surface area contributed by atoms with Gasteiger partial charge in [-0.15, -0.1) is 0 Å². The number of likely N-dealkylation sites (N-methyl/N-ethyl adjacent to an activating group) is 1. The summed E-state index contributed by atoms with van der Waals surface area (Å²) in [5.41, 5.74) is 0. The molecule has 0 saturated heterocycles. The highest BCUT2D eigenvalue weighted by molar-refractivity contribution is 5.81. The van der Waals surface area contributed by atoms with Gasteiger partial charge < -0.3 is 20.1 Å². The molecule has 102 valence electrons. The minimum atomic E-state index is -0.182. The molecular formula is C12H26N2O3. The lowest BCUT2D eigenvalue weighted by Crippen LogP contribution is -2.43. The minimum absolute atomic E-state index is 0.0249. The Kier molecular flexibility index (Phi) is 10.1. The van der Waals surface area contributed by atoms with Crippen LogP contribution in [0.3, 0.4) is 0 Å². The fourth-order valence-electron chi connectivity index (χ4n) is 1.42. The smallest absolute Gasteiger partial charge is 0.236 e. The summed E-state index contributed by atoms with van der Waals surface area (Å²) in [7, 11) is 0. The molecule has 0 aromatic heterocycles. The number of carbonyl (C=O) groups is 1. The van der Waals surface area contributed by atoms with E-state index in [0.29, 0.717) is 26.3 Å². The Morgan fingerprint density at radius 2 is 1.76 bits per heavy atom. The zero-order chi connectivity index (χ0) is 13.1. The molecule has 17 heavy (non-hydrogen) atoms. The first-order chi connectivity index (χ1) is 8.15. The third-order valence-corrected chi connectivity index (χ3v) is 2.28. The van der Waals surface area contributed by atoms with E-state index in [0.717, 1.165) is 6.42 Å². The van der Waals surface area contributed by atoms with Crippen LogP contribution in [0.2, 0.25) is 0 Å². The Labute approximate surface area is 104 Å². The van der Waals surface area contributed by atoms with E-state index in [-0.39, 0.29) is 18.2 Å². The van der Waals surface area contributed by atoms with E-state index in [1.54, 1.807) is 0 Å². The average molecular weight is 246 g/mol. The lowest BCUT2D eigenvalue weighted by Gasteiger charge is -2.18. The molecule has 0 aliphatic rings. The zero-order valence-corrected chi connectivity index (χ0v) is 11.4. The van der Waals surface area contributed by atoms with E-state index < -0.39 is 0 Å². The van der Waals surface area contributed by atoms with Crippen molar-refractivity contribution in [2.45, 2.75) is 46.4 Å².